The fraction of sp³-hybridized carbons (Fsp3) is 0.367. The first-order valence-electron chi connectivity index (χ1n) is 14.1. The third-order valence-corrected chi connectivity index (χ3v) is 8.32. The van der Waals surface area contributed by atoms with Crippen LogP contribution in [0.4, 0.5) is 28.7 Å². The lowest BCUT2D eigenvalue weighted by atomic mass is 9.99. The average Bonchev–Trinajstić information content (AvgIpc) is 3.43. The summed E-state index contributed by atoms with van der Waals surface area (Å²) in [5.74, 6) is 0.257. The third kappa shape index (κ3) is 4.46. The lowest BCUT2D eigenvalue weighted by Gasteiger charge is -2.38. The Kier molecular flexibility index (Phi) is 6.30. The van der Waals surface area contributed by atoms with E-state index in [1.54, 1.807) is 17.3 Å². The highest BCUT2D eigenvalue weighted by Crippen LogP contribution is 2.40. The summed E-state index contributed by atoms with van der Waals surface area (Å²) in [6.45, 7) is 7.94. The minimum atomic E-state index is -0.156. The summed E-state index contributed by atoms with van der Waals surface area (Å²) >= 11 is 0. The molecule has 11 nitrogen and oxygen atoms in total. The van der Waals surface area contributed by atoms with Gasteiger partial charge in [0.2, 0.25) is 5.95 Å². The number of pyridine rings is 1. The number of aromatic nitrogens is 5. The molecule has 1 fully saturated rings. The number of carbonyl (C=O) groups excluding carboxylic acids is 1. The topological polar surface area (TPSA) is 110 Å². The second-order valence-electron chi connectivity index (χ2n) is 10.9. The molecule has 0 aliphatic carbocycles. The van der Waals surface area contributed by atoms with E-state index in [4.69, 9.17) is 9.72 Å². The van der Waals surface area contributed by atoms with Crippen molar-refractivity contribution < 1.29 is 9.53 Å². The highest BCUT2D eigenvalue weighted by molar-refractivity contribution is 6.05. The highest BCUT2D eigenvalue weighted by Gasteiger charge is 2.32. The van der Waals surface area contributed by atoms with E-state index in [1.165, 1.54) is 6.08 Å². The van der Waals surface area contributed by atoms with Crippen LogP contribution in [0.2, 0.25) is 0 Å². The van der Waals surface area contributed by atoms with E-state index in [2.05, 4.69) is 22.0 Å². The van der Waals surface area contributed by atoms with Gasteiger partial charge in [-0.15, -0.1) is 0 Å². The standard InChI is InChI=1S/C30H32N8O3/c1-3-26(39)37-12-11-36(24-8-4-6-19(2)27(24)37)25-14-20-16-31-30-33-21-17-32-35(18-21)10-5-7-23-15-22(9-13-41-23)38(29(25)40)28(20)34-30/h3-4,6,8,14,16-18,22-23H,1,5,7,9-13,15H2,2H3,(H,31,33,34)/t22-,23+/m0/s1. The van der Waals surface area contributed by atoms with Crippen molar-refractivity contribution >= 4 is 45.6 Å². The van der Waals surface area contributed by atoms with E-state index < -0.39 is 0 Å². The lowest BCUT2D eigenvalue weighted by molar-refractivity contribution is -0.114. The van der Waals surface area contributed by atoms with Crippen molar-refractivity contribution in [1.29, 1.82) is 0 Å². The number of ether oxygens (including phenoxy) is 1. The number of carbonyl (C=O) groups is 1. The van der Waals surface area contributed by atoms with Crippen molar-refractivity contribution in [3.05, 3.63) is 71.4 Å². The average molecular weight is 553 g/mol. The molecule has 0 saturated carbocycles. The Bertz CT molecular complexity index is 1730. The van der Waals surface area contributed by atoms with Gasteiger partial charge in [-0.1, -0.05) is 18.7 Å². The number of aryl methyl sites for hydroxylation is 2. The Morgan fingerprint density at radius 2 is 2.07 bits per heavy atom. The van der Waals surface area contributed by atoms with Crippen molar-refractivity contribution in [3.8, 4) is 0 Å². The molecule has 210 valence electrons. The number of anilines is 5. The van der Waals surface area contributed by atoms with E-state index in [0.717, 1.165) is 60.2 Å². The van der Waals surface area contributed by atoms with Crippen LogP contribution in [0.3, 0.4) is 0 Å². The summed E-state index contributed by atoms with van der Waals surface area (Å²) in [7, 11) is 0. The highest BCUT2D eigenvalue weighted by atomic mass is 16.5. The van der Waals surface area contributed by atoms with E-state index in [1.807, 2.05) is 51.5 Å². The molecule has 1 saturated heterocycles. The Morgan fingerprint density at radius 3 is 2.95 bits per heavy atom. The normalized spacial score (nSPS) is 20.3. The van der Waals surface area contributed by atoms with Crippen LogP contribution >= 0.6 is 0 Å². The number of hydrogen-bond donors (Lipinski definition) is 1. The van der Waals surface area contributed by atoms with Crippen LogP contribution in [0.25, 0.3) is 11.0 Å². The Balaban J connectivity index is 1.40. The molecule has 4 aromatic rings. The maximum absolute atomic E-state index is 14.5. The number of nitrogens with one attached hydrogen (secondary N) is 1. The number of amides is 1. The van der Waals surface area contributed by atoms with Crippen molar-refractivity contribution in [2.24, 2.45) is 0 Å². The van der Waals surface area contributed by atoms with Gasteiger partial charge >= 0.3 is 0 Å². The first kappa shape index (κ1) is 25.5. The zero-order valence-corrected chi connectivity index (χ0v) is 23.0. The van der Waals surface area contributed by atoms with E-state index >= 15 is 0 Å². The van der Waals surface area contributed by atoms with Gasteiger partial charge < -0.3 is 19.9 Å². The molecular formula is C30H32N8O3. The minimum Gasteiger partial charge on any atom is -0.378 e. The molecule has 0 unspecified atom stereocenters. The van der Waals surface area contributed by atoms with Gasteiger partial charge in [0.05, 0.1) is 29.4 Å². The molecule has 6 heterocycles. The van der Waals surface area contributed by atoms with Crippen LogP contribution in [0.15, 0.2) is 60.3 Å². The van der Waals surface area contributed by atoms with Crippen LogP contribution in [-0.4, -0.2) is 56.0 Å². The van der Waals surface area contributed by atoms with Crippen molar-refractivity contribution in [3.63, 3.8) is 0 Å². The monoisotopic (exact) mass is 552 g/mol. The number of rotatable bonds is 2. The molecule has 6 bridgehead atoms. The predicted molar refractivity (Wildman–Crippen MR) is 157 cm³/mol. The van der Waals surface area contributed by atoms with E-state index in [0.29, 0.717) is 37.0 Å². The molecule has 3 aromatic heterocycles. The Hall–Kier alpha value is -4.51. The molecule has 7 rings (SSSR count). The molecule has 1 amide bonds. The van der Waals surface area contributed by atoms with Gasteiger partial charge in [0, 0.05) is 50.1 Å². The molecule has 0 radical (unpaired) electrons. The molecule has 1 N–H and O–H groups in total. The number of para-hydroxylation sites is 1. The first-order chi connectivity index (χ1) is 20.0. The molecule has 3 aliphatic rings. The molecule has 1 aromatic carbocycles. The van der Waals surface area contributed by atoms with Crippen molar-refractivity contribution in [2.75, 3.05) is 34.8 Å². The Labute approximate surface area is 237 Å². The summed E-state index contributed by atoms with van der Waals surface area (Å²) in [5, 5.41) is 8.48. The molecule has 3 aliphatic heterocycles. The van der Waals surface area contributed by atoms with Gasteiger partial charge in [0.15, 0.2) is 0 Å². The number of hydrogen-bond acceptors (Lipinski definition) is 8. The third-order valence-electron chi connectivity index (χ3n) is 8.32. The zero-order chi connectivity index (χ0) is 28.1. The SMILES string of the molecule is C=CC(=O)N1CCN(c2cc3cnc4nc3n(c2=O)[C@H]2CCO[C@H](CCCn3cc(cn3)N4)C2)c2cccc(C)c21. The summed E-state index contributed by atoms with van der Waals surface area (Å²) in [4.78, 5) is 40.5. The lowest BCUT2D eigenvalue weighted by Crippen LogP contribution is -2.44. The first-order valence-corrected chi connectivity index (χ1v) is 14.1. The zero-order valence-electron chi connectivity index (χ0n) is 23.0. The molecule has 0 spiro atoms. The van der Waals surface area contributed by atoms with Crippen LogP contribution < -0.4 is 20.7 Å². The van der Waals surface area contributed by atoms with Gasteiger partial charge in [-0.05, 0) is 56.4 Å². The molecular weight excluding hydrogens is 520 g/mol. The predicted octanol–water partition coefficient (Wildman–Crippen LogP) is 4.22. The summed E-state index contributed by atoms with van der Waals surface area (Å²) in [6, 6.07) is 7.72. The fourth-order valence-electron chi connectivity index (χ4n) is 6.38. The molecule has 2 atom stereocenters. The summed E-state index contributed by atoms with van der Waals surface area (Å²) < 4.78 is 9.92. The van der Waals surface area contributed by atoms with Crippen LogP contribution in [0.1, 0.15) is 37.3 Å². The van der Waals surface area contributed by atoms with Crippen molar-refractivity contribution in [1.82, 2.24) is 24.3 Å². The number of nitrogens with zero attached hydrogens (tertiary/aromatic N) is 7. The Morgan fingerprint density at radius 1 is 1.17 bits per heavy atom. The number of benzene rings is 1. The van der Waals surface area contributed by atoms with Gasteiger partial charge in [0.1, 0.15) is 11.3 Å². The smallest absolute Gasteiger partial charge is 0.276 e. The van der Waals surface area contributed by atoms with Crippen molar-refractivity contribution in [2.45, 2.75) is 51.3 Å². The maximum atomic E-state index is 14.5. The molecule has 41 heavy (non-hydrogen) atoms. The molecule has 11 heteroatoms. The van der Waals surface area contributed by atoms with Gasteiger partial charge in [-0.3, -0.25) is 18.8 Å². The number of fused-ring (bicyclic) bond motifs is 7. The summed E-state index contributed by atoms with van der Waals surface area (Å²) in [6.07, 6.45) is 10.1. The largest absolute Gasteiger partial charge is 0.378 e. The van der Waals surface area contributed by atoms with Crippen LogP contribution in [-0.2, 0) is 16.1 Å². The second-order valence-corrected chi connectivity index (χ2v) is 10.9. The van der Waals surface area contributed by atoms with E-state index in [9.17, 15) is 9.59 Å². The van der Waals surface area contributed by atoms with Gasteiger partial charge in [-0.2, -0.15) is 10.1 Å². The van der Waals surface area contributed by atoms with Crippen LogP contribution in [0, 0.1) is 6.92 Å². The quantitative estimate of drug-likeness (QED) is 0.368. The minimum absolute atomic E-state index is 0.0496. The van der Waals surface area contributed by atoms with Crippen LogP contribution in [0.5, 0.6) is 0 Å². The van der Waals surface area contributed by atoms with E-state index in [-0.39, 0.29) is 23.6 Å². The maximum Gasteiger partial charge on any atom is 0.276 e. The summed E-state index contributed by atoms with van der Waals surface area (Å²) in [5.41, 5.74) is 4.40. The second kappa shape index (κ2) is 10.2. The van der Waals surface area contributed by atoms with Gasteiger partial charge in [0.25, 0.3) is 11.5 Å². The fourth-order valence-corrected chi connectivity index (χ4v) is 6.38. The van der Waals surface area contributed by atoms with Gasteiger partial charge in [-0.25, -0.2) is 4.98 Å².